The van der Waals surface area contributed by atoms with Gasteiger partial charge in [0.25, 0.3) is 6.71 Å². The number of benzene rings is 13. The summed E-state index contributed by atoms with van der Waals surface area (Å²) < 4.78 is 0. The third kappa shape index (κ3) is 7.17. The normalized spacial score (nSPS) is 14.0. The molecule has 16 rings (SSSR count). The van der Waals surface area contributed by atoms with Gasteiger partial charge in [0.05, 0.1) is 0 Å². The maximum atomic E-state index is 4.98. The SMILES string of the molecule is CC(C)(C)c1cc(N2c3cc(-c4ncncn4)cc4c3B(c3cc5c6cccc7cccc(c8cccc(c32)c85)c76)c2cc3c5cccc6cccc(c7cccc(c2N4c2cc(C(C)(C)C)cc(C(C)(C)C)c2)c73)c65)cc(C(C)(C)C)c1. The lowest BCUT2D eigenvalue weighted by Crippen LogP contribution is -2.61. The highest BCUT2D eigenvalue weighted by Crippen LogP contribution is 2.54. The van der Waals surface area contributed by atoms with Crippen molar-refractivity contribution < 1.29 is 0 Å². The molecule has 0 bridgehead atoms. The lowest BCUT2D eigenvalue weighted by Gasteiger charge is -2.46. The van der Waals surface area contributed by atoms with Gasteiger partial charge in [0, 0.05) is 50.5 Å². The summed E-state index contributed by atoms with van der Waals surface area (Å²) in [5.41, 5.74) is 16.3. The minimum Gasteiger partial charge on any atom is -0.311 e. The molecule has 1 aromatic heterocycles. The smallest absolute Gasteiger partial charge is 0.252 e. The summed E-state index contributed by atoms with van der Waals surface area (Å²) in [6, 6.07) is 66.6. The van der Waals surface area contributed by atoms with E-state index in [0.29, 0.717) is 5.82 Å². The molecular weight excluding hydrogens is 1010 g/mol. The molecule has 0 N–H and O–H groups in total. The molecule has 0 saturated carbocycles. The number of aromatic nitrogens is 3. The number of fused-ring (bicyclic) bond motifs is 10. The minimum atomic E-state index is -0.216. The van der Waals surface area contributed by atoms with E-state index in [4.69, 9.17) is 9.97 Å². The van der Waals surface area contributed by atoms with Crippen LogP contribution in [0.5, 0.6) is 0 Å². The molecule has 0 saturated heterocycles. The molecule has 5 nitrogen and oxygen atoms in total. The Hall–Kier alpha value is -8.87. The molecular formula is C77H66BN5. The fourth-order valence-corrected chi connectivity index (χ4v) is 14.6. The zero-order valence-corrected chi connectivity index (χ0v) is 49.6. The number of hydrogen-bond donors (Lipinski definition) is 0. The van der Waals surface area contributed by atoms with Gasteiger partial charge in [-0.2, -0.15) is 0 Å². The van der Waals surface area contributed by atoms with Crippen LogP contribution in [0, 0.1) is 0 Å². The van der Waals surface area contributed by atoms with Gasteiger partial charge in [-0.3, -0.25) is 0 Å². The van der Waals surface area contributed by atoms with Crippen LogP contribution in [-0.2, 0) is 21.7 Å². The first kappa shape index (κ1) is 49.9. The van der Waals surface area contributed by atoms with E-state index in [1.165, 1.54) is 136 Å². The summed E-state index contributed by atoms with van der Waals surface area (Å²) in [5.74, 6) is 0.632. The third-order valence-corrected chi connectivity index (χ3v) is 18.8. The predicted octanol–water partition coefficient (Wildman–Crippen LogP) is 18.9. The number of nitrogens with zero attached hydrogens (tertiary/aromatic N) is 5. The van der Waals surface area contributed by atoms with Gasteiger partial charge in [-0.1, -0.05) is 217 Å². The van der Waals surface area contributed by atoms with Crippen molar-refractivity contribution in [3.8, 4) is 11.4 Å². The molecule has 2 aliphatic heterocycles. The summed E-state index contributed by atoms with van der Waals surface area (Å²) in [5, 5.41) is 20.4. The standard InChI is InChI=1S/C77H66BN5/c1-74(2,3)46-33-47(75(4,5)6)36-50(35-46)82-64-31-45(73-80-41-79-42-81-73)32-65-70(64)78(62-39-60-56-25-15-21-43-19-13-23-52(66(43)56)54-27-17-29-58(68(54)60)71(62)82)63-40-61-57-26-16-22-44-20-14-24-53(67(44)57)55-28-18-30-59(69(55)61)72(63)83(65)51-37-48(76(7,8)9)34-49(38-51)77(10,11)12/h13-42H,1-12H3. The topological polar surface area (TPSA) is 45.2 Å². The fourth-order valence-electron chi connectivity index (χ4n) is 14.6. The van der Waals surface area contributed by atoms with Crippen molar-refractivity contribution in [2.45, 2.75) is 105 Å². The van der Waals surface area contributed by atoms with E-state index in [2.05, 4.69) is 268 Å². The van der Waals surface area contributed by atoms with Crippen molar-refractivity contribution in [1.29, 1.82) is 0 Å². The van der Waals surface area contributed by atoms with Gasteiger partial charge in [0.2, 0.25) is 0 Å². The molecule has 13 aromatic carbocycles. The van der Waals surface area contributed by atoms with E-state index in [0.717, 1.165) is 28.3 Å². The Kier molecular flexibility index (Phi) is 10.2. The van der Waals surface area contributed by atoms with Crippen molar-refractivity contribution in [2.75, 3.05) is 9.80 Å². The summed E-state index contributed by atoms with van der Waals surface area (Å²) in [6.45, 7) is 28.0. The highest BCUT2D eigenvalue weighted by molar-refractivity contribution is 7.01. The molecule has 0 aliphatic carbocycles. The zero-order chi connectivity index (χ0) is 57.0. The van der Waals surface area contributed by atoms with E-state index in [1.807, 2.05) is 0 Å². The maximum Gasteiger partial charge on any atom is 0.252 e. The Morgan fingerprint density at radius 2 is 0.663 bits per heavy atom. The van der Waals surface area contributed by atoms with E-state index < -0.39 is 0 Å². The van der Waals surface area contributed by atoms with Crippen LogP contribution in [0.3, 0.4) is 0 Å². The summed E-state index contributed by atoms with van der Waals surface area (Å²) >= 11 is 0. The van der Waals surface area contributed by atoms with Crippen LogP contribution < -0.4 is 26.2 Å². The lowest BCUT2D eigenvalue weighted by atomic mass is 9.33. The summed E-state index contributed by atoms with van der Waals surface area (Å²) in [7, 11) is 0. The van der Waals surface area contributed by atoms with Crippen LogP contribution in [0.2, 0.25) is 0 Å². The van der Waals surface area contributed by atoms with Crippen LogP contribution in [0.1, 0.15) is 105 Å². The van der Waals surface area contributed by atoms with E-state index in [9.17, 15) is 0 Å². The lowest BCUT2D eigenvalue weighted by molar-refractivity contribution is 0.568. The average Bonchev–Trinajstić information content (AvgIpc) is 1.95. The van der Waals surface area contributed by atoms with Crippen LogP contribution in [0.15, 0.2) is 183 Å². The first-order valence-corrected chi connectivity index (χ1v) is 29.7. The molecule has 2 aliphatic rings. The highest BCUT2D eigenvalue weighted by atomic mass is 15.2. The molecule has 0 amide bonds. The van der Waals surface area contributed by atoms with E-state index in [1.54, 1.807) is 12.7 Å². The fraction of sp³-hybridized carbons (Fsp3) is 0.208. The second-order valence-corrected chi connectivity index (χ2v) is 28.1. The molecule has 402 valence electrons. The first-order valence-electron chi connectivity index (χ1n) is 29.7. The van der Waals surface area contributed by atoms with E-state index in [-0.39, 0.29) is 28.4 Å². The molecule has 0 atom stereocenters. The van der Waals surface area contributed by atoms with E-state index >= 15 is 0 Å². The Morgan fingerprint density at radius 1 is 0.337 bits per heavy atom. The van der Waals surface area contributed by atoms with Crippen molar-refractivity contribution in [3.63, 3.8) is 0 Å². The number of anilines is 6. The zero-order valence-electron chi connectivity index (χ0n) is 49.6. The van der Waals surface area contributed by atoms with Gasteiger partial charge in [0.15, 0.2) is 5.82 Å². The maximum absolute atomic E-state index is 4.98. The van der Waals surface area contributed by atoms with Gasteiger partial charge in [-0.25, -0.2) is 15.0 Å². The Morgan fingerprint density at radius 3 is 1.02 bits per heavy atom. The summed E-state index contributed by atoms with van der Waals surface area (Å²) in [4.78, 5) is 19.7. The number of hydrogen-bond acceptors (Lipinski definition) is 5. The van der Waals surface area contributed by atoms with Gasteiger partial charge >= 0.3 is 0 Å². The van der Waals surface area contributed by atoms with Crippen LogP contribution in [-0.4, -0.2) is 21.7 Å². The Bertz CT molecular complexity index is 4720. The molecule has 0 unspecified atom stereocenters. The van der Waals surface area contributed by atoms with Gasteiger partial charge in [-0.15, -0.1) is 0 Å². The van der Waals surface area contributed by atoms with Crippen molar-refractivity contribution in [3.05, 3.63) is 205 Å². The largest absolute Gasteiger partial charge is 0.311 e. The van der Waals surface area contributed by atoms with Crippen LogP contribution in [0.25, 0.3) is 97.6 Å². The molecule has 3 heterocycles. The predicted molar refractivity (Wildman–Crippen MR) is 357 cm³/mol. The Balaban J connectivity index is 1.16. The van der Waals surface area contributed by atoms with Crippen molar-refractivity contribution >= 4 is 143 Å². The van der Waals surface area contributed by atoms with Crippen molar-refractivity contribution in [1.82, 2.24) is 15.0 Å². The average molecular weight is 1070 g/mol. The molecule has 83 heavy (non-hydrogen) atoms. The third-order valence-electron chi connectivity index (χ3n) is 18.8. The quantitative estimate of drug-likeness (QED) is 0.100. The molecule has 0 fully saturated rings. The van der Waals surface area contributed by atoms with Gasteiger partial charge in [-0.05, 0) is 172 Å². The monoisotopic (exact) mass is 1070 g/mol. The molecule has 14 aromatic rings. The summed E-state index contributed by atoms with van der Waals surface area (Å²) in [6.07, 6.45) is 3.28. The molecule has 0 radical (unpaired) electrons. The van der Waals surface area contributed by atoms with Crippen molar-refractivity contribution in [2.24, 2.45) is 0 Å². The van der Waals surface area contributed by atoms with Crippen LogP contribution >= 0.6 is 0 Å². The minimum absolute atomic E-state index is 0.146. The second kappa shape index (κ2) is 16.9. The second-order valence-electron chi connectivity index (χ2n) is 28.1. The molecule has 6 heteroatoms. The van der Waals surface area contributed by atoms with Crippen LogP contribution in [0.4, 0.5) is 34.1 Å². The van der Waals surface area contributed by atoms with Gasteiger partial charge in [0.1, 0.15) is 12.7 Å². The number of rotatable bonds is 3. The van der Waals surface area contributed by atoms with Gasteiger partial charge < -0.3 is 9.80 Å². The highest BCUT2D eigenvalue weighted by Gasteiger charge is 2.47. The molecule has 0 spiro atoms. The first-order chi connectivity index (χ1) is 39.7. The Labute approximate surface area is 486 Å².